The number of aliphatic hydroxyl groups is 1. The number of thioether (sulfide) groups is 1. The molecule has 1 fully saturated rings. The van der Waals surface area contributed by atoms with E-state index in [2.05, 4.69) is 0 Å². The summed E-state index contributed by atoms with van der Waals surface area (Å²) in [6.07, 6.45) is 1.78. The minimum Gasteiger partial charge on any atom is -0.459 e. The van der Waals surface area contributed by atoms with Gasteiger partial charge in [-0.1, -0.05) is 18.2 Å². The third-order valence-corrected chi connectivity index (χ3v) is 4.59. The van der Waals surface area contributed by atoms with Crippen LogP contribution in [0.5, 0.6) is 0 Å². The number of likely N-dealkylation sites (tertiary alicyclic amines) is 1. The summed E-state index contributed by atoms with van der Waals surface area (Å²) in [5, 5.41) is 9.54. The van der Waals surface area contributed by atoms with Crippen LogP contribution in [-0.2, 0) is 5.75 Å². The predicted molar refractivity (Wildman–Crippen MR) is 81.2 cm³/mol. The SMILES string of the molecule is O=C(c1occc1CSc1ccccc1)N1CC[C@@H](O)C1. The Hall–Kier alpha value is -1.72. The lowest BCUT2D eigenvalue weighted by Gasteiger charge is -2.14. The topological polar surface area (TPSA) is 53.7 Å². The van der Waals surface area contributed by atoms with Gasteiger partial charge in [0.2, 0.25) is 0 Å². The average molecular weight is 303 g/mol. The number of carbonyl (C=O) groups is 1. The Bertz CT molecular complexity index is 611. The van der Waals surface area contributed by atoms with Gasteiger partial charge in [0.05, 0.1) is 12.4 Å². The summed E-state index contributed by atoms with van der Waals surface area (Å²) in [6.45, 7) is 0.983. The highest BCUT2D eigenvalue weighted by Crippen LogP contribution is 2.26. The van der Waals surface area contributed by atoms with Crippen LogP contribution < -0.4 is 0 Å². The first-order chi connectivity index (χ1) is 10.2. The molecule has 0 radical (unpaired) electrons. The summed E-state index contributed by atoms with van der Waals surface area (Å²) >= 11 is 1.67. The summed E-state index contributed by atoms with van der Waals surface area (Å²) in [7, 11) is 0. The Morgan fingerprint density at radius 3 is 2.86 bits per heavy atom. The largest absolute Gasteiger partial charge is 0.459 e. The first-order valence-electron chi connectivity index (χ1n) is 6.95. The van der Waals surface area contributed by atoms with E-state index >= 15 is 0 Å². The highest BCUT2D eigenvalue weighted by atomic mass is 32.2. The number of amides is 1. The van der Waals surface area contributed by atoms with Crippen LogP contribution >= 0.6 is 11.8 Å². The molecular weight excluding hydrogens is 286 g/mol. The maximum absolute atomic E-state index is 12.4. The van der Waals surface area contributed by atoms with Crippen LogP contribution in [0.4, 0.5) is 0 Å². The summed E-state index contributed by atoms with van der Waals surface area (Å²) in [4.78, 5) is 15.2. The Labute approximate surface area is 127 Å². The van der Waals surface area contributed by atoms with Gasteiger partial charge in [0.25, 0.3) is 5.91 Å². The van der Waals surface area contributed by atoms with E-state index < -0.39 is 6.10 Å². The lowest BCUT2D eigenvalue weighted by atomic mass is 10.2. The molecule has 0 unspecified atom stereocenters. The van der Waals surface area contributed by atoms with E-state index in [1.165, 1.54) is 0 Å². The quantitative estimate of drug-likeness (QED) is 0.883. The smallest absolute Gasteiger partial charge is 0.289 e. The van der Waals surface area contributed by atoms with E-state index in [4.69, 9.17) is 4.42 Å². The molecule has 110 valence electrons. The van der Waals surface area contributed by atoms with Crippen molar-refractivity contribution in [2.75, 3.05) is 13.1 Å². The molecule has 21 heavy (non-hydrogen) atoms. The number of furan rings is 1. The molecule has 1 atom stereocenters. The van der Waals surface area contributed by atoms with Crippen molar-refractivity contribution in [1.82, 2.24) is 4.90 Å². The van der Waals surface area contributed by atoms with Gasteiger partial charge < -0.3 is 14.4 Å². The van der Waals surface area contributed by atoms with Gasteiger partial charge in [-0.15, -0.1) is 11.8 Å². The second-order valence-corrected chi connectivity index (χ2v) is 6.12. The standard InChI is InChI=1S/C16H17NO3S/c18-13-6-8-17(10-13)16(19)15-12(7-9-20-15)11-21-14-4-2-1-3-5-14/h1-5,7,9,13,18H,6,8,10-11H2/t13-/m1/s1. The normalized spacial score (nSPS) is 18.1. The number of benzene rings is 1. The van der Waals surface area contributed by atoms with Gasteiger partial charge in [0.1, 0.15) is 0 Å². The Kier molecular flexibility index (Phi) is 4.31. The third kappa shape index (κ3) is 3.31. The van der Waals surface area contributed by atoms with Crippen LogP contribution in [0.3, 0.4) is 0 Å². The number of nitrogens with zero attached hydrogens (tertiary/aromatic N) is 1. The number of β-amino-alcohol motifs (C(OH)–C–C–N with tert-alkyl or cyclic N) is 1. The summed E-state index contributed by atoms with van der Waals surface area (Å²) in [6, 6.07) is 11.9. The molecule has 0 saturated carbocycles. The van der Waals surface area contributed by atoms with Crippen molar-refractivity contribution in [1.29, 1.82) is 0 Å². The molecule has 5 heteroatoms. The molecule has 4 nitrogen and oxygen atoms in total. The van der Waals surface area contributed by atoms with Crippen LogP contribution in [0.15, 0.2) is 52.0 Å². The molecule has 0 aliphatic carbocycles. The highest BCUT2D eigenvalue weighted by Gasteiger charge is 2.28. The van der Waals surface area contributed by atoms with Crippen molar-refractivity contribution in [3.05, 3.63) is 54.0 Å². The van der Waals surface area contributed by atoms with Gasteiger partial charge in [-0.3, -0.25) is 4.79 Å². The van der Waals surface area contributed by atoms with E-state index in [0.29, 0.717) is 31.0 Å². The molecule has 1 aliphatic heterocycles. The zero-order valence-corrected chi connectivity index (χ0v) is 12.4. The van der Waals surface area contributed by atoms with E-state index in [0.717, 1.165) is 10.5 Å². The van der Waals surface area contributed by atoms with Crippen LogP contribution in [-0.4, -0.2) is 35.1 Å². The average Bonchev–Trinajstić information content (AvgIpc) is 3.14. The maximum Gasteiger partial charge on any atom is 0.289 e. The van der Waals surface area contributed by atoms with Crippen LogP contribution in [0.1, 0.15) is 22.5 Å². The Balaban J connectivity index is 1.68. The molecule has 1 saturated heterocycles. The number of aliphatic hydroxyl groups excluding tert-OH is 1. The Morgan fingerprint density at radius 1 is 1.33 bits per heavy atom. The molecule has 2 heterocycles. The lowest BCUT2D eigenvalue weighted by Crippen LogP contribution is -2.29. The summed E-state index contributed by atoms with van der Waals surface area (Å²) in [5.41, 5.74) is 0.898. The van der Waals surface area contributed by atoms with Crippen molar-refractivity contribution < 1.29 is 14.3 Å². The van der Waals surface area contributed by atoms with Gasteiger partial charge in [-0.25, -0.2) is 0 Å². The van der Waals surface area contributed by atoms with Gasteiger partial charge >= 0.3 is 0 Å². The van der Waals surface area contributed by atoms with E-state index in [-0.39, 0.29) is 5.91 Å². The van der Waals surface area contributed by atoms with Crippen LogP contribution in [0.2, 0.25) is 0 Å². The number of carbonyl (C=O) groups excluding carboxylic acids is 1. The number of hydrogen-bond donors (Lipinski definition) is 1. The van der Waals surface area contributed by atoms with E-state index in [1.54, 1.807) is 22.9 Å². The summed E-state index contributed by atoms with van der Waals surface area (Å²) < 4.78 is 5.38. The minimum absolute atomic E-state index is 0.125. The van der Waals surface area contributed by atoms with Gasteiger partial charge in [-0.2, -0.15) is 0 Å². The molecule has 1 amide bonds. The fourth-order valence-corrected chi connectivity index (χ4v) is 3.28. The zero-order chi connectivity index (χ0) is 14.7. The molecule has 3 rings (SSSR count). The zero-order valence-electron chi connectivity index (χ0n) is 11.6. The third-order valence-electron chi connectivity index (χ3n) is 3.53. The fraction of sp³-hybridized carbons (Fsp3) is 0.312. The van der Waals surface area contributed by atoms with Crippen molar-refractivity contribution >= 4 is 17.7 Å². The van der Waals surface area contributed by atoms with Gasteiger partial charge in [0, 0.05) is 29.3 Å². The highest BCUT2D eigenvalue weighted by molar-refractivity contribution is 7.98. The van der Waals surface area contributed by atoms with Crippen molar-refractivity contribution in [3.8, 4) is 0 Å². The van der Waals surface area contributed by atoms with E-state index in [1.807, 2.05) is 36.4 Å². The van der Waals surface area contributed by atoms with Crippen LogP contribution in [0, 0.1) is 0 Å². The van der Waals surface area contributed by atoms with Gasteiger partial charge in [0.15, 0.2) is 5.76 Å². The summed E-state index contributed by atoms with van der Waals surface area (Å²) in [5.74, 6) is 0.963. The van der Waals surface area contributed by atoms with Gasteiger partial charge in [-0.05, 0) is 24.6 Å². The monoisotopic (exact) mass is 303 g/mol. The second-order valence-electron chi connectivity index (χ2n) is 5.07. The molecule has 0 spiro atoms. The molecule has 1 aliphatic rings. The van der Waals surface area contributed by atoms with Crippen molar-refractivity contribution in [2.24, 2.45) is 0 Å². The number of rotatable bonds is 4. The lowest BCUT2D eigenvalue weighted by molar-refractivity contribution is 0.0732. The minimum atomic E-state index is -0.411. The predicted octanol–water partition coefficient (Wildman–Crippen LogP) is 2.78. The number of hydrogen-bond acceptors (Lipinski definition) is 4. The van der Waals surface area contributed by atoms with Crippen molar-refractivity contribution in [3.63, 3.8) is 0 Å². The first kappa shape index (κ1) is 14.2. The molecule has 0 bridgehead atoms. The molecular formula is C16H17NO3S. The van der Waals surface area contributed by atoms with Crippen LogP contribution in [0.25, 0.3) is 0 Å². The maximum atomic E-state index is 12.4. The molecule has 1 aromatic carbocycles. The molecule has 1 N–H and O–H groups in total. The molecule has 2 aromatic rings. The van der Waals surface area contributed by atoms with Crippen molar-refractivity contribution in [2.45, 2.75) is 23.2 Å². The first-order valence-corrected chi connectivity index (χ1v) is 7.94. The fourth-order valence-electron chi connectivity index (χ4n) is 2.38. The second kappa shape index (κ2) is 6.37. The Morgan fingerprint density at radius 2 is 2.14 bits per heavy atom. The van der Waals surface area contributed by atoms with E-state index in [9.17, 15) is 9.90 Å². The molecule has 1 aromatic heterocycles.